The number of nitrogens with one attached hydrogen (secondary N) is 1. The molecule has 20 heavy (non-hydrogen) atoms. The number of thiophene rings is 1. The summed E-state index contributed by atoms with van der Waals surface area (Å²) in [6.45, 7) is 7.48. The highest BCUT2D eigenvalue weighted by Crippen LogP contribution is 2.35. The molecule has 0 amide bonds. The van der Waals surface area contributed by atoms with Gasteiger partial charge in [0.2, 0.25) is 0 Å². The first kappa shape index (κ1) is 16.2. The van der Waals surface area contributed by atoms with Crippen LogP contribution in [0.4, 0.5) is 0 Å². The third kappa shape index (κ3) is 3.73. The van der Waals surface area contributed by atoms with Crippen LogP contribution in [0.15, 0.2) is 32.5 Å². The monoisotopic (exact) mass is 415 g/mol. The molecule has 1 unspecified atom stereocenters. The lowest BCUT2D eigenvalue weighted by molar-refractivity contribution is 0.605. The van der Waals surface area contributed by atoms with Crippen LogP contribution in [0.1, 0.15) is 41.0 Å². The average Bonchev–Trinajstić information content (AvgIpc) is 2.74. The van der Waals surface area contributed by atoms with E-state index in [2.05, 4.69) is 82.2 Å². The van der Waals surface area contributed by atoms with Crippen molar-refractivity contribution in [3.63, 3.8) is 0 Å². The van der Waals surface area contributed by atoms with Crippen LogP contribution in [0.5, 0.6) is 0 Å². The zero-order valence-corrected chi connectivity index (χ0v) is 16.0. The summed E-state index contributed by atoms with van der Waals surface area (Å²) in [6.07, 6.45) is 1.13. The number of benzene rings is 1. The summed E-state index contributed by atoms with van der Waals surface area (Å²) in [5, 5.41) is 3.66. The minimum absolute atomic E-state index is 0.266. The highest BCUT2D eigenvalue weighted by atomic mass is 79.9. The molecule has 1 aromatic heterocycles. The second-order valence-corrected chi connectivity index (χ2v) is 8.26. The molecular formula is C16H19Br2NS. The topological polar surface area (TPSA) is 12.0 Å². The fraction of sp³-hybridized carbons (Fsp3) is 0.375. The molecule has 1 nitrogen and oxygen atoms in total. The number of halogens is 2. The van der Waals surface area contributed by atoms with Crippen molar-refractivity contribution in [2.45, 2.75) is 33.2 Å². The van der Waals surface area contributed by atoms with Gasteiger partial charge in [-0.05, 0) is 71.6 Å². The lowest BCUT2D eigenvalue weighted by Gasteiger charge is -2.18. The Morgan fingerprint density at radius 1 is 1.15 bits per heavy atom. The largest absolute Gasteiger partial charge is 0.306 e. The van der Waals surface area contributed by atoms with Gasteiger partial charge in [0, 0.05) is 9.35 Å². The standard InChI is InChI=1S/C16H19Br2NS/c1-4-7-19-15(14-8-11(3)16(18)20-14)12-6-5-10(2)13(17)9-12/h5-6,8-9,15,19H,4,7H2,1-3H3. The average molecular weight is 417 g/mol. The van der Waals surface area contributed by atoms with Gasteiger partial charge in [-0.15, -0.1) is 11.3 Å². The van der Waals surface area contributed by atoms with Gasteiger partial charge in [0.25, 0.3) is 0 Å². The zero-order valence-electron chi connectivity index (χ0n) is 12.0. The maximum absolute atomic E-state index is 3.66. The van der Waals surface area contributed by atoms with Crippen LogP contribution in [0.25, 0.3) is 0 Å². The van der Waals surface area contributed by atoms with Crippen LogP contribution >= 0.6 is 43.2 Å². The van der Waals surface area contributed by atoms with E-state index in [1.807, 2.05) is 11.3 Å². The van der Waals surface area contributed by atoms with E-state index < -0.39 is 0 Å². The van der Waals surface area contributed by atoms with Gasteiger partial charge in [-0.25, -0.2) is 0 Å². The molecule has 0 aliphatic carbocycles. The van der Waals surface area contributed by atoms with Crippen molar-refractivity contribution in [2.75, 3.05) is 6.54 Å². The third-order valence-electron chi connectivity index (χ3n) is 3.29. The van der Waals surface area contributed by atoms with Gasteiger partial charge < -0.3 is 5.32 Å². The molecule has 1 N–H and O–H groups in total. The molecule has 2 rings (SSSR count). The Labute approximate surface area is 142 Å². The molecule has 2 aromatic rings. The lowest BCUT2D eigenvalue weighted by Crippen LogP contribution is -2.22. The van der Waals surface area contributed by atoms with Gasteiger partial charge in [0.1, 0.15) is 0 Å². The van der Waals surface area contributed by atoms with E-state index in [0.29, 0.717) is 0 Å². The second kappa shape index (κ2) is 7.21. The Morgan fingerprint density at radius 3 is 2.45 bits per heavy atom. The molecule has 0 bridgehead atoms. The molecule has 0 aliphatic heterocycles. The summed E-state index contributed by atoms with van der Waals surface area (Å²) in [6, 6.07) is 9.16. The summed E-state index contributed by atoms with van der Waals surface area (Å²) < 4.78 is 2.40. The van der Waals surface area contributed by atoms with Gasteiger partial charge in [0.05, 0.1) is 9.83 Å². The molecular weight excluding hydrogens is 398 g/mol. The quantitative estimate of drug-likeness (QED) is 0.632. The maximum atomic E-state index is 3.66. The highest BCUT2D eigenvalue weighted by Gasteiger charge is 2.17. The highest BCUT2D eigenvalue weighted by molar-refractivity contribution is 9.11. The third-order valence-corrected chi connectivity index (χ3v) is 6.34. The molecule has 0 radical (unpaired) electrons. The van der Waals surface area contributed by atoms with Crippen molar-refractivity contribution in [1.82, 2.24) is 5.32 Å². The second-order valence-electron chi connectivity index (χ2n) is 5.00. The number of hydrogen-bond acceptors (Lipinski definition) is 2. The summed E-state index contributed by atoms with van der Waals surface area (Å²) >= 11 is 9.09. The van der Waals surface area contributed by atoms with Gasteiger partial charge in [-0.2, -0.15) is 0 Å². The Bertz CT molecular complexity index is 573. The molecule has 0 aliphatic rings. The summed E-state index contributed by atoms with van der Waals surface area (Å²) in [5.74, 6) is 0. The predicted octanol–water partition coefficient (Wildman–Crippen LogP) is 5.98. The Morgan fingerprint density at radius 2 is 1.90 bits per heavy atom. The molecule has 0 saturated carbocycles. The summed E-state index contributed by atoms with van der Waals surface area (Å²) in [7, 11) is 0. The first-order valence-electron chi connectivity index (χ1n) is 6.78. The first-order chi connectivity index (χ1) is 9.52. The van der Waals surface area contributed by atoms with Crippen molar-refractivity contribution < 1.29 is 0 Å². The Kier molecular flexibility index (Phi) is 5.84. The maximum Gasteiger partial charge on any atom is 0.0731 e. The Balaban J connectivity index is 2.38. The molecule has 1 atom stereocenters. The van der Waals surface area contributed by atoms with Crippen molar-refractivity contribution >= 4 is 43.2 Å². The van der Waals surface area contributed by atoms with E-state index in [0.717, 1.165) is 13.0 Å². The van der Waals surface area contributed by atoms with Gasteiger partial charge in [0.15, 0.2) is 0 Å². The van der Waals surface area contributed by atoms with Crippen LogP contribution in [0.2, 0.25) is 0 Å². The lowest BCUT2D eigenvalue weighted by atomic mass is 10.0. The Hall–Kier alpha value is -0.160. The molecule has 0 fully saturated rings. The molecule has 1 heterocycles. The molecule has 1 aromatic carbocycles. The van der Waals surface area contributed by atoms with Crippen LogP contribution in [-0.2, 0) is 0 Å². The van der Waals surface area contributed by atoms with Gasteiger partial charge in [-0.3, -0.25) is 0 Å². The van der Waals surface area contributed by atoms with E-state index in [9.17, 15) is 0 Å². The molecule has 0 saturated heterocycles. The minimum Gasteiger partial charge on any atom is -0.306 e. The summed E-state index contributed by atoms with van der Waals surface area (Å²) in [5.41, 5.74) is 3.88. The van der Waals surface area contributed by atoms with E-state index in [-0.39, 0.29) is 6.04 Å². The van der Waals surface area contributed by atoms with Crippen LogP contribution in [0.3, 0.4) is 0 Å². The molecule has 108 valence electrons. The SMILES string of the molecule is CCCNC(c1ccc(C)c(Br)c1)c1cc(C)c(Br)s1. The van der Waals surface area contributed by atoms with Crippen molar-refractivity contribution in [3.05, 3.63) is 54.1 Å². The van der Waals surface area contributed by atoms with E-state index in [4.69, 9.17) is 0 Å². The number of aryl methyl sites for hydroxylation is 2. The van der Waals surface area contributed by atoms with Crippen molar-refractivity contribution in [2.24, 2.45) is 0 Å². The van der Waals surface area contributed by atoms with Crippen molar-refractivity contribution in [3.8, 4) is 0 Å². The van der Waals surface area contributed by atoms with Gasteiger partial charge in [-0.1, -0.05) is 35.0 Å². The molecule has 4 heteroatoms. The number of hydrogen-bond donors (Lipinski definition) is 1. The van der Waals surface area contributed by atoms with Crippen LogP contribution < -0.4 is 5.32 Å². The fourth-order valence-corrected chi connectivity index (χ4v) is 4.16. The zero-order chi connectivity index (χ0) is 14.7. The van der Waals surface area contributed by atoms with Crippen LogP contribution in [0, 0.1) is 13.8 Å². The van der Waals surface area contributed by atoms with Gasteiger partial charge >= 0.3 is 0 Å². The normalized spacial score (nSPS) is 12.7. The summed E-state index contributed by atoms with van der Waals surface area (Å²) in [4.78, 5) is 1.36. The van der Waals surface area contributed by atoms with E-state index >= 15 is 0 Å². The first-order valence-corrected chi connectivity index (χ1v) is 9.18. The van der Waals surface area contributed by atoms with Crippen molar-refractivity contribution in [1.29, 1.82) is 0 Å². The smallest absolute Gasteiger partial charge is 0.0731 e. The minimum atomic E-state index is 0.266. The molecule has 0 spiro atoms. The predicted molar refractivity (Wildman–Crippen MR) is 95.8 cm³/mol. The van der Waals surface area contributed by atoms with E-state index in [1.165, 1.54) is 29.8 Å². The number of rotatable bonds is 5. The van der Waals surface area contributed by atoms with E-state index in [1.54, 1.807) is 0 Å². The fourth-order valence-electron chi connectivity index (χ4n) is 2.09. The van der Waals surface area contributed by atoms with Crippen LogP contribution in [-0.4, -0.2) is 6.54 Å².